The van der Waals surface area contributed by atoms with Crippen LogP contribution in [-0.4, -0.2) is 13.1 Å². The molecular formula is C7H10O2. The Kier molecular flexibility index (Phi) is 4.50. The minimum absolute atomic E-state index is 0.322. The van der Waals surface area contributed by atoms with Crippen LogP contribution < -0.4 is 0 Å². The highest BCUT2D eigenvalue weighted by Crippen LogP contribution is 1.83. The number of hydrogen-bond acceptors (Lipinski definition) is 2. The third-order valence-corrected chi connectivity index (χ3v) is 0.758. The molecular weight excluding hydrogens is 116 g/mol. The van der Waals surface area contributed by atoms with Crippen LogP contribution in [0.3, 0.4) is 0 Å². The Bertz CT molecular complexity index is 125. The molecule has 0 unspecified atom stereocenters. The Morgan fingerprint density at radius 2 is 2.44 bits per heavy atom. The maximum atomic E-state index is 10.3. The van der Waals surface area contributed by atoms with Crippen molar-refractivity contribution in [2.75, 3.05) is 7.11 Å². The lowest BCUT2D eigenvalue weighted by atomic mass is 10.4. The van der Waals surface area contributed by atoms with Crippen molar-refractivity contribution in [3.8, 4) is 0 Å². The summed E-state index contributed by atoms with van der Waals surface area (Å²) < 4.78 is 4.34. The van der Waals surface area contributed by atoms with Crippen LogP contribution >= 0.6 is 0 Å². The molecule has 0 N–H and O–H groups in total. The Balaban J connectivity index is 3.43. The summed E-state index contributed by atoms with van der Waals surface area (Å²) in [5.41, 5.74) is 0. The quantitative estimate of drug-likeness (QED) is 0.323. The minimum Gasteiger partial charge on any atom is -0.466 e. The zero-order valence-corrected chi connectivity index (χ0v) is 5.46. The van der Waals surface area contributed by atoms with Gasteiger partial charge in [0.1, 0.15) is 0 Å². The third kappa shape index (κ3) is 4.81. The van der Waals surface area contributed by atoms with E-state index in [-0.39, 0.29) is 5.97 Å². The van der Waals surface area contributed by atoms with E-state index in [2.05, 4.69) is 11.3 Å². The summed E-state index contributed by atoms with van der Waals surface area (Å²) >= 11 is 0. The molecule has 0 fully saturated rings. The monoisotopic (exact) mass is 126 g/mol. The molecule has 2 heteroatoms. The first kappa shape index (κ1) is 7.95. The summed E-state index contributed by atoms with van der Waals surface area (Å²) in [7, 11) is 1.35. The molecule has 0 spiro atoms. The molecule has 0 aromatic heterocycles. The van der Waals surface area contributed by atoms with Gasteiger partial charge in [0.2, 0.25) is 0 Å². The average Bonchev–Trinajstić information content (AvgIpc) is 1.89. The van der Waals surface area contributed by atoms with Gasteiger partial charge in [-0.15, -0.1) is 6.58 Å². The zero-order chi connectivity index (χ0) is 7.11. The van der Waals surface area contributed by atoms with E-state index < -0.39 is 0 Å². The van der Waals surface area contributed by atoms with E-state index in [1.807, 2.05) is 0 Å². The zero-order valence-electron chi connectivity index (χ0n) is 5.46. The normalized spacial score (nSPS) is 9.44. The van der Waals surface area contributed by atoms with Gasteiger partial charge in [-0.2, -0.15) is 0 Å². The van der Waals surface area contributed by atoms with E-state index in [4.69, 9.17) is 0 Å². The molecule has 2 nitrogen and oxygen atoms in total. The van der Waals surface area contributed by atoms with Crippen molar-refractivity contribution >= 4 is 5.97 Å². The predicted molar refractivity (Wildman–Crippen MR) is 36.0 cm³/mol. The van der Waals surface area contributed by atoms with Gasteiger partial charge in [0.15, 0.2) is 0 Å². The molecule has 0 radical (unpaired) electrons. The van der Waals surface area contributed by atoms with Crippen LogP contribution in [0.1, 0.15) is 6.42 Å². The lowest BCUT2D eigenvalue weighted by molar-refractivity contribution is -0.134. The van der Waals surface area contributed by atoms with Crippen molar-refractivity contribution in [2.45, 2.75) is 6.42 Å². The Hall–Kier alpha value is -1.05. The van der Waals surface area contributed by atoms with Crippen molar-refractivity contribution in [3.05, 3.63) is 24.8 Å². The van der Waals surface area contributed by atoms with Crippen LogP contribution in [0.15, 0.2) is 24.8 Å². The van der Waals surface area contributed by atoms with Gasteiger partial charge in [0.25, 0.3) is 0 Å². The van der Waals surface area contributed by atoms with Crippen LogP contribution in [0.4, 0.5) is 0 Å². The number of methoxy groups -OCH3 is 1. The number of rotatable bonds is 3. The number of esters is 1. The van der Waals surface area contributed by atoms with E-state index in [1.165, 1.54) is 13.2 Å². The molecule has 0 aromatic carbocycles. The molecule has 0 aliphatic rings. The van der Waals surface area contributed by atoms with Gasteiger partial charge >= 0.3 is 5.97 Å². The lowest BCUT2D eigenvalue weighted by Crippen LogP contribution is -1.92. The summed E-state index contributed by atoms with van der Waals surface area (Å²) in [6.07, 6.45) is 5.48. The van der Waals surface area contributed by atoms with Crippen LogP contribution in [0, 0.1) is 0 Å². The predicted octanol–water partition coefficient (Wildman–Crippen LogP) is 1.29. The van der Waals surface area contributed by atoms with Gasteiger partial charge in [0, 0.05) is 6.08 Å². The lowest BCUT2D eigenvalue weighted by Gasteiger charge is -1.86. The maximum absolute atomic E-state index is 10.3. The highest BCUT2D eigenvalue weighted by atomic mass is 16.5. The fraction of sp³-hybridized carbons (Fsp3) is 0.286. The summed E-state index contributed by atoms with van der Waals surface area (Å²) in [5.74, 6) is -0.322. The fourth-order valence-corrected chi connectivity index (χ4v) is 0.329. The van der Waals surface area contributed by atoms with Crippen LogP contribution in [0.5, 0.6) is 0 Å². The van der Waals surface area contributed by atoms with Crippen molar-refractivity contribution in [3.63, 3.8) is 0 Å². The van der Waals surface area contributed by atoms with E-state index in [0.717, 1.165) is 0 Å². The molecule has 0 saturated heterocycles. The molecule has 0 bridgehead atoms. The Morgan fingerprint density at radius 3 is 2.89 bits per heavy atom. The van der Waals surface area contributed by atoms with Gasteiger partial charge in [-0.25, -0.2) is 4.79 Å². The highest BCUT2D eigenvalue weighted by molar-refractivity contribution is 5.81. The molecule has 9 heavy (non-hydrogen) atoms. The van der Waals surface area contributed by atoms with Gasteiger partial charge in [-0.1, -0.05) is 12.2 Å². The second-order valence-corrected chi connectivity index (χ2v) is 1.45. The number of hydrogen-bond donors (Lipinski definition) is 0. The average molecular weight is 126 g/mol. The number of ether oxygens (including phenoxy) is 1. The van der Waals surface area contributed by atoms with E-state index in [9.17, 15) is 4.79 Å². The molecule has 50 valence electrons. The van der Waals surface area contributed by atoms with Crippen LogP contribution in [-0.2, 0) is 9.53 Å². The standard InChI is InChI=1S/C7H10O2/c1-3-4-5-6-7(8)9-2/h3,5-6H,1,4H2,2H3/b6-5+. The third-order valence-electron chi connectivity index (χ3n) is 0.758. The van der Waals surface area contributed by atoms with Gasteiger partial charge < -0.3 is 4.74 Å². The Morgan fingerprint density at radius 1 is 1.78 bits per heavy atom. The minimum atomic E-state index is -0.322. The summed E-state index contributed by atoms with van der Waals surface area (Å²) in [5, 5.41) is 0. The summed E-state index contributed by atoms with van der Waals surface area (Å²) in [6, 6.07) is 0. The van der Waals surface area contributed by atoms with Gasteiger partial charge in [0.05, 0.1) is 7.11 Å². The van der Waals surface area contributed by atoms with E-state index >= 15 is 0 Å². The molecule has 0 aliphatic carbocycles. The molecule has 0 rings (SSSR count). The SMILES string of the molecule is C=CC/C=C/C(=O)OC. The van der Waals surface area contributed by atoms with Crippen LogP contribution in [0.2, 0.25) is 0 Å². The first-order chi connectivity index (χ1) is 4.31. The van der Waals surface area contributed by atoms with Crippen LogP contribution in [0.25, 0.3) is 0 Å². The molecule has 0 atom stereocenters. The smallest absolute Gasteiger partial charge is 0.330 e. The van der Waals surface area contributed by atoms with Crippen molar-refractivity contribution in [2.24, 2.45) is 0 Å². The topological polar surface area (TPSA) is 26.3 Å². The van der Waals surface area contributed by atoms with Crippen molar-refractivity contribution < 1.29 is 9.53 Å². The van der Waals surface area contributed by atoms with Crippen molar-refractivity contribution in [1.82, 2.24) is 0 Å². The molecule has 0 saturated carbocycles. The molecule has 0 aromatic rings. The summed E-state index contributed by atoms with van der Waals surface area (Å²) in [4.78, 5) is 10.3. The first-order valence-electron chi connectivity index (χ1n) is 2.66. The Labute approximate surface area is 54.8 Å². The second-order valence-electron chi connectivity index (χ2n) is 1.45. The highest BCUT2D eigenvalue weighted by Gasteiger charge is 1.86. The molecule has 0 amide bonds. The molecule has 0 heterocycles. The number of carbonyl (C=O) groups excluding carboxylic acids is 1. The first-order valence-corrected chi connectivity index (χ1v) is 2.66. The van der Waals surface area contributed by atoms with Gasteiger partial charge in [-0.3, -0.25) is 0 Å². The number of carbonyl (C=O) groups is 1. The number of allylic oxidation sites excluding steroid dienone is 2. The van der Waals surface area contributed by atoms with E-state index in [1.54, 1.807) is 12.2 Å². The maximum Gasteiger partial charge on any atom is 0.330 e. The second kappa shape index (κ2) is 5.09. The van der Waals surface area contributed by atoms with Gasteiger partial charge in [-0.05, 0) is 6.42 Å². The van der Waals surface area contributed by atoms with E-state index in [0.29, 0.717) is 6.42 Å². The largest absolute Gasteiger partial charge is 0.466 e. The fourth-order valence-electron chi connectivity index (χ4n) is 0.329. The molecule has 0 aliphatic heterocycles. The summed E-state index contributed by atoms with van der Waals surface area (Å²) in [6.45, 7) is 3.48. The van der Waals surface area contributed by atoms with Crippen molar-refractivity contribution in [1.29, 1.82) is 0 Å².